The van der Waals surface area contributed by atoms with E-state index in [1.165, 1.54) is 0 Å². The highest BCUT2D eigenvalue weighted by Gasteiger charge is 2.27. The lowest BCUT2D eigenvalue weighted by Gasteiger charge is -2.04. The maximum atomic E-state index is 6.12. The van der Waals surface area contributed by atoms with Gasteiger partial charge in [-0.1, -0.05) is 48.0 Å². The summed E-state index contributed by atoms with van der Waals surface area (Å²) < 4.78 is 5.97. The van der Waals surface area contributed by atoms with Crippen molar-refractivity contribution in [3.8, 4) is 5.75 Å². The van der Waals surface area contributed by atoms with Gasteiger partial charge in [-0.15, -0.1) is 0 Å². The summed E-state index contributed by atoms with van der Waals surface area (Å²) in [5, 5.41) is 0.641. The van der Waals surface area contributed by atoms with Crippen molar-refractivity contribution in [1.29, 1.82) is 0 Å². The molecule has 0 saturated carbocycles. The molecule has 0 spiro atoms. The first-order valence-corrected chi connectivity index (χ1v) is 8.35. The molecule has 0 atom stereocenters. The van der Waals surface area contributed by atoms with E-state index in [1.807, 2.05) is 79.7 Å². The fourth-order valence-electron chi connectivity index (χ4n) is 2.65. The minimum atomic E-state index is 0.482. The number of nitrogens with zero attached hydrogens (tertiary/aromatic N) is 2. The second kappa shape index (κ2) is 6.54. The molecule has 0 aromatic heterocycles. The first-order chi connectivity index (χ1) is 12.2. The zero-order valence-electron chi connectivity index (χ0n) is 13.6. The highest BCUT2D eigenvalue weighted by molar-refractivity contribution is 6.49. The lowest BCUT2D eigenvalue weighted by atomic mass is 10.1. The third-order valence-corrected chi connectivity index (χ3v) is 4.18. The van der Waals surface area contributed by atoms with Crippen molar-refractivity contribution >= 4 is 34.6 Å². The molecule has 4 rings (SSSR count). The fourth-order valence-corrected chi connectivity index (χ4v) is 2.81. The molecule has 0 radical (unpaired) electrons. The Kier molecular flexibility index (Phi) is 4.08. The summed E-state index contributed by atoms with van der Waals surface area (Å²) in [5.41, 5.74) is 4.31. The maximum Gasteiger partial charge on any atom is 0.246 e. The van der Waals surface area contributed by atoms with Gasteiger partial charge in [0.05, 0.1) is 11.4 Å². The zero-order valence-corrected chi connectivity index (χ0v) is 14.4. The highest BCUT2D eigenvalue weighted by atomic mass is 35.5. The summed E-state index contributed by atoms with van der Waals surface area (Å²) >= 11 is 6.12. The Morgan fingerprint density at radius 2 is 1.60 bits per heavy atom. The van der Waals surface area contributed by atoms with E-state index in [4.69, 9.17) is 21.3 Å². The Bertz CT molecular complexity index is 994. The van der Waals surface area contributed by atoms with E-state index in [0.29, 0.717) is 10.9 Å². The largest absolute Gasteiger partial charge is 0.436 e. The van der Waals surface area contributed by atoms with Gasteiger partial charge in [0.15, 0.2) is 0 Å². The van der Waals surface area contributed by atoms with Crippen molar-refractivity contribution in [3.63, 3.8) is 0 Å². The van der Waals surface area contributed by atoms with Crippen LogP contribution in [0.15, 0.2) is 82.8 Å². The van der Waals surface area contributed by atoms with Crippen LogP contribution in [0.5, 0.6) is 5.75 Å². The van der Waals surface area contributed by atoms with Crippen LogP contribution in [0.3, 0.4) is 0 Å². The Balaban J connectivity index is 1.86. The maximum absolute atomic E-state index is 6.12. The molecular formula is C21H15ClN2O. The molecule has 0 aliphatic carbocycles. The van der Waals surface area contributed by atoms with Crippen LogP contribution in [0.4, 0.5) is 11.4 Å². The molecule has 122 valence electrons. The molecule has 3 aromatic carbocycles. The van der Waals surface area contributed by atoms with Crippen LogP contribution in [-0.4, -0.2) is 11.6 Å². The van der Waals surface area contributed by atoms with Crippen LogP contribution in [0, 0.1) is 6.92 Å². The van der Waals surface area contributed by atoms with Crippen molar-refractivity contribution in [2.75, 3.05) is 0 Å². The summed E-state index contributed by atoms with van der Waals surface area (Å²) in [6, 6.07) is 23.2. The SMILES string of the molecule is Cc1ccc(Cl)cc1N=C1Oc2ccccc2C1=Nc1ccccc1. The van der Waals surface area contributed by atoms with Gasteiger partial charge < -0.3 is 4.74 Å². The number of aryl methyl sites for hydroxylation is 1. The Morgan fingerprint density at radius 3 is 2.44 bits per heavy atom. The van der Waals surface area contributed by atoms with Crippen molar-refractivity contribution < 1.29 is 4.74 Å². The smallest absolute Gasteiger partial charge is 0.246 e. The van der Waals surface area contributed by atoms with E-state index in [2.05, 4.69) is 4.99 Å². The Morgan fingerprint density at radius 1 is 0.840 bits per heavy atom. The molecule has 3 nitrogen and oxygen atoms in total. The number of hydrogen-bond acceptors (Lipinski definition) is 3. The quantitative estimate of drug-likeness (QED) is 0.569. The van der Waals surface area contributed by atoms with E-state index in [9.17, 15) is 0 Å². The number of ether oxygens (including phenoxy) is 1. The molecule has 0 N–H and O–H groups in total. The summed E-state index contributed by atoms with van der Waals surface area (Å²) in [7, 11) is 0. The van der Waals surface area contributed by atoms with Crippen LogP contribution in [-0.2, 0) is 0 Å². The number of fused-ring (bicyclic) bond motifs is 1. The van der Waals surface area contributed by atoms with Gasteiger partial charge in [0.25, 0.3) is 0 Å². The van der Waals surface area contributed by atoms with Crippen molar-refractivity contribution in [1.82, 2.24) is 0 Å². The lowest BCUT2D eigenvalue weighted by molar-refractivity contribution is 0.572. The minimum absolute atomic E-state index is 0.482. The minimum Gasteiger partial charge on any atom is -0.436 e. The number of hydrogen-bond donors (Lipinski definition) is 0. The summed E-state index contributed by atoms with van der Waals surface area (Å²) in [6.07, 6.45) is 0. The number of rotatable bonds is 2. The van der Waals surface area contributed by atoms with Crippen molar-refractivity contribution in [2.45, 2.75) is 6.92 Å². The number of para-hydroxylation sites is 2. The van der Waals surface area contributed by atoms with Gasteiger partial charge >= 0.3 is 0 Å². The van der Waals surface area contributed by atoms with Gasteiger partial charge in [0.2, 0.25) is 5.90 Å². The van der Waals surface area contributed by atoms with Crippen LogP contribution < -0.4 is 4.74 Å². The highest BCUT2D eigenvalue weighted by Crippen LogP contribution is 2.31. The second-order valence-corrected chi connectivity index (χ2v) is 6.18. The third kappa shape index (κ3) is 3.19. The normalized spacial score (nSPS) is 16.1. The summed E-state index contributed by atoms with van der Waals surface area (Å²) in [5.74, 6) is 1.24. The molecule has 1 aliphatic heterocycles. The lowest BCUT2D eigenvalue weighted by Crippen LogP contribution is -2.13. The zero-order chi connectivity index (χ0) is 17.2. The molecule has 0 saturated heterocycles. The average molecular weight is 347 g/mol. The molecule has 25 heavy (non-hydrogen) atoms. The first-order valence-electron chi connectivity index (χ1n) is 7.97. The Labute approximate surface area is 151 Å². The molecule has 1 heterocycles. The molecular weight excluding hydrogens is 332 g/mol. The molecule has 3 aromatic rings. The van der Waals surface area contributed by atoms with Crippen LogP contribution in [0.2, 0.25) is 5.02 Å². The average Bonchev–Trinajstić information content (AvgIpc) is 2.97. The van der Waals surface area contributed by atoms with Gasteiger partial charge in [-0.3, -0.25) is 0 Å². The fraction of sp³-hybridized carbons (Fsp3) is 0.0476. The molecule has 0 amide bonds. The van der Waals surface area contributed by atoms with Crippen molar-refractivity contribution in [2.24, 2.45) is 9.98 Å². The van der Waals surface area contributed by atoms with E-state index < -0.39 is 0 Å². The van der Waals surface area contributed by atoms with E-state index >= 15 is 0 Å². The standard InChI is InChI=1S/C21H15ClN2O/c1-14-11-12-15(22)13-18(14)24-21-20(23-16-7-3-2-4-8-16)17-9-5-6-10-19(17)25-21/h2-13H,1H3. The van der Waals surface area contributed by atoms with E-state index in [-0.39, 0.29) is 0 Å². The Hall–Kier alpha value is -2.91. The molecule has 0 unspecified atom stereocenters. The van der Waals surface area contributed by atoms with Gasteiger partial charge in [-0.2, -0.15) is 0 Å². The van der Waals surface area contributed by atoms with Crippen molar-refractivity contribution in [3.05, 3.63) is 88.9 Å². The van der Waals surface area contributed by atoms with Gasteiger partial charge in [-0.25, -0.2) is 9.98 Å². The van der Waals surface area contributed by atoms with Gasteiger partial charge in [-0.05, 0) is 48.9 Å². The second-order valence-electron chi connectivity index (χ2n) is 5.74. The number of halogens is 1. The van der Waals surface area contributed by atoms with Crippen LogP contribution >= 0.6 is 11.6 Å². The number of benzene rings is 3. The van der Waals surface area contributed by atoms with Gasteiger partial charge in [0.1, 0.15) is 11.5 Å². The van der Waals surface area contributed by atoms with E-state index in [0.717, 1.165) is 34.0 Å². The summed E-state index contributed by atoms with van der Waals surface area (Å²) in [4.78, 5) is 9.45. The van der Waals surface area contributed by atoms with E-state index in [1.54, 1.807) is 0 Å². The molecule has 4 heteroatoms. The predicted molar refractivity (Wildman–Crippen MR) is 103 cm³/mol. The predicted octanol–water partition coefficient (Wildman–Crippen LogP) is 5.89. The molecule has 0 fully saturated rings. The number of aliphatic imine (C=N–C) groups is 2. The van der Waals surface area contributed by atoms with Gasteiger partial charge in [0, 0.05) is 10.6 Å². The first kappa shape index (κ1) is 15.6. The summed E-state index contributed by atoms with van der Waals surface area (Å²) in [6.45, 7) is 1.99. The monoisotopic (exact) mass is 346 g/mol. The van der Waals surface area contributed by atoms with Crippen LogP contribution in [0.1, 0.15) is 11.1 Å². The topological polar surface area (TPSA) is 34.0 Å². The van der Waals surface area contributed by atoms with Crippen LogP contribution in [0.25, 0.3) is 0 Å². The molecule has 0 bridgehead atoms. The third-order valence-electron chi connectivity index (χ3n) is 3.94. The molecule has 1 aliphatic rings.